The first-order chi connectivity index (χ1) is 11.4. The van der Waals surface area contributed by atoms with Crippen LogP contribution in [0.15, 0.2) is 40.4 Å². The van der Waals surface area contributed by atoms with E-state index in [2.05, 4.69) is 29.8 Å². The summed E-state index contributed by atoms with van der Waals surface area (Å²) in [6.07, 6.45) is 4.09. The first kappa shape index (κ1) is 16.3. The summed E-state index contributed by atoms with van der Waals surface area (Å²) in [6, 6.07) is 3.13. The predicted molar refractivity (Wildman–Crippen MR) is 91.8 cm³/mol. The third kappa shape index (κ3) is 2.94. The Morgan fingerprint density at radius 2 is 1.88 bits per heavy atom. The minimum Gasteiger partial charge on any atom is -0.507 e. The summed E-state index contributed by atoms with van der Waals surface area (Å²) in [6.45, 7) is 9.84. The highest BCUT2D eigenvalue weighted by atomic mass is 16.4. The molecule has 3 rings (SSSR count). The van der Waals surface area contributed by atoms with Crippen molar-refractivity contribution in [2.45, 2.75) is 39.5 Å². The van der Waals surface area contributed by atoms with Crippen molar-refractivity contribution >= 4 is 0 Å². The quantitative estimate of drug-likeness (QED) is 0.813. The molecule has 2 atom stereocenters. The second-order valence-electron chi connectivity index (χ2n) is 6.58. The Morgan fingerprint density at radius 1 is 1.21 bits per heavy atom. The van der Waals surface area contributed by atoms with Crippen molar-refractivity contribution < 1.29 is 14.6 Å². The van der Waals surface area contributed by atoms with Gasteiger partial charge in [-0.15, -0.1) is 10.2 Å². The molecule has 5 heteroatoms. The second-order valence-corrected chi connectivity index (χ2v) is 6.58. The first-order valence-electron chi connectivity index (χ1n) is 8.06. The van der Waals surface area contributed by atoms with Gasteiger partial charge in [0.05, 0.1) is 0 Å². The minimum absolute atomic E-state index is 0.0306. The van der Waals surface area contributed by atoms with Gasteiger partial charge in [-0.3, -0.25) is 0 Å². The van der Waals surface area contributed by atoms with E-state index in [-0.39, 0.29) is 29.2 Å². The van der Waals surface area contributed by atoms with Crippen LogP contribution in [0, 0.1) is 12.8 Å². The Kier molecular flexibility index (Phi) is 4.18. The summed E-state index contributed by atoms with van der Waals surface area (Å²) in [5, 5.41) is 28.8. The van der Waals surface area contributed by atoms with Gasteiger partial charge in [0.1, 0.15) is 11.5 Å². The summed E-state index contributed by atoms with van der Waals surface area (Å²) in [7, 11) is 0. The van der Waals surface area contributed by atoms with Gasteiger partial charge in [-0.2, -0.15) is 0 Å². The SMILES string of the molecule is C=C(C)[C@@H]1CCC(C)=C[C@H]1c1c(O)cc(-c2nnc(C)o2)cc1O. The van der Waals surface area contributed by atoms with E-state index in [1.165, 1.54) is 5.57 Å². The number of allylic oxidation sites excluding steroid dienone is 3. The predicted octanol–water partition coefficient (Wildman–Crippen LogP) is 4.47. The maximum absolute atomic E-state index is 10.6. The van der Waals surface area contributed by atoms with E-state index in [0.29, 0.717) is 17.0 Å². The van der Waals surface area contributed by atoms with Crippen molar-refractivity contribution in [3.63, 3.8) is 0 Å². The van der Waals surface area contributed by atoms with Crippen LogP contribution in [0.5, 0.6) is 11.5 Å². The van der Waals surface area contributed by atoms with E-state index in [0.717, 1.165) is 18.4 Å². The number of aromatic hydroxyl groups is 2. The van der Waals surface area contributed by atoms with Crippen LogP contribution in [-0.4, -0.2) is 20.4 Å². The molecule has 0 fully saturated rings. The Labute approximate surface area is 141 Å². The van der Waals surface area contributed by atoms with Crippen LogP contribution < -0.4 is 0 Å². The molecule has 0 bridgehead atoms. The van der Waals surface area contributed by atoms with Crippen LogP contribution in [0.3, 0.4) is 0 Å². The van der Waals surface area contributed by atoms with Gasteiger partial charge in [-0.1, -0.05) is 23.8 Å². The highest BCUT2D eigenvalue weighted by Crippen LogP contribution is 2.47. The smallest absolute Gasteiger partial charge is 0.247 e. The Hall–Kier alpha value is -2.56. The molecule has 0 saturated carbocycles. The number of aryl methyl sites for hydroxylation is 1. The van der Waals surface area contributed by atoms with E-state index in [9.17, 15) is 10.2 Å². The molecule has 1 aliphatic rings. The molecule has 126 valence electrons. The molecule has 24 heavy (non-hydrogen) atoms. The standard InChI is InChI=1S/C19H22N2O3/c1-10(2)14-6-5-11(3)7-15(14)18-16(22)8-13(9-17(18)23)19-21-20-12(4)24-19/h7-9,14-15,22-23H,1,5-6H2,2-4H3/t14-,15+/m0/s1. The highest BCUT2D eigenvalue weighted by molar-refractivity contribution is 5.63. The van der Waals surface area contributed by atoms with Crippen LogP contribution in [0.1, 0.15) is 44.1 Å². The third-order valence-corrected chi connectivity index (χ3v) is 4.62. The Balaban J connectivity index is 2.07. The number of phenolic OH excluding ortho intramolecular Hbond substituents is 2. The van der Waals surface area contributed by atoms with Crippen LogP contribution in [0.4, 0.5) is 0 Å². The summed E-state index contributed by atoms with van der Waals surface area (Å²) in [5.41, 5.74) is 3.34. The molecule has 0 unspecified atom stereocenters. The fourth-order valence-corrected chi connectivity index (χ4v) is 3.41. The molecule has 1 heterocycles. The molecule has 2 N–H and O–H groups in total. The zero-order valence-corrected chi connectivity index (χ0v) is 14.2. The highest BCUT2D eigenvalue weighted by Gasteiger charge is 2.30. The van der Waals surface area contributed by atoms with Gasteiger partial charge in [-0.25, -0.2) is 0 Å². The molecular weight excluding hydrogens is 304 g/mol. The minimum atomic E-state index is -0.0882. The van der Waals surface area contributed by atoms with Gasteiger partial charge >= 0.3 is 0 Å². The molecule has 1 aliphatic carbocycles. The lowest BCUT2D eigenvalue weighted by Gasteiger charge is -2.31. The summed E-state index contributed by atoms with van der Waals surface area (Å²) in [5.74, 6) is 0.875. The van der Waals surface area contributed by atoms with Crippen molar-refractivity contribution in [3.05, 3.63) is 47.4 Å². The first-order valence-corrected chi connectivity index (χ1v) is 8.06. The average molecular weight is 326 g/mol. The van der Waals surface area contributed by atoms with Gasteiger partial charge in [0, 0.05) is 24.0 Å². The van der Waals surface area contributed by atoms with Crippen LogP contribution >= 0.6 is 0 Å². The molecule has 0 amide bonds. The fourth-order valence-electron chi connectivity index (χ4n) is 3.41. The maximum atomic E-state index is 10.6. The van der Waals surface area contributed by atoms with E-state index in [1.807, 2.05) is 6.92 Å². The van der Waals surface area contributed by atoms with Gasteiger partial charge in [0.2, 0.25) is 11.8 Å². The molecule has 1 aromatic carbocycles. The average Bonchev–Trinajstić information content (AvgIpc) is 2.93. The molecule has 0 spiro atoms. The number of aromatic nitrogens is 2. The van der Waals surface area contributed by atoms with E-state index in [4.69, 9.17) is 4.42 Å². The second kappa shape index (κ2) is 6.15. The number of hydrogen-bond acceptors (Lipinski definition) is 5. The van der Waals surface area contributed by atoms with Gasteiger partial charge in [0.15, 0.2) is 0 Å². The zero-order chi connectivity index (χ0) is 17.4. The molecule has 2 aromatic rings. The van der Waals surface area contributed by atoms with E-state index < -0.39 is 0 Å². The number of phenols is 2. The lowest BCUT2D eigenvalue weighted by molar-refractivity contribution is 0.407. The number of rotatable bonds is 3. The number of hydrogen-bond donors (Lipinski definition) is 2. The Bertz CT molecular complexity index is 797. The molecule has 0 saturated heterocycles. The monoisotopic (exact) mass is 326 g/mol. The number of nitrogens with zero attached hydrogens (tertiary/aromatic N) is 2. The molecule has 0 radical (unpaired) electrons. The summed E-state index contributed by atoms with van der Waals surface area (Å²) < 4.78 is 5.37. The van der Waals surface area contributed by atoms with Gasteiger partial charge in [-0.05, 0) is 44.7 Å². The summed E-state index contributed by atoms with van der Waals surface area (Å²) in [4.78, 5) is 0. The lowest BCUT2D eigenvalue weighted by Crippen LogP contribution is -2.17. The third-order valence-electron chi connectivity index (χ3n) is 4.62. The van der Waals surface area contributed by atoms with Crippen LogP contribution in [0.25, 0.3) is 11.5 Å². The molecule has 0 aliphatic heterocycles. The molecular formula is C19H22N2O3. The van der Waals surface area contributed by atoms with Crippen molar-refractivity contribution in [2.24, 2.45) is 5.92 Å². The fraction of sp³-hybridized carbons (Fsp3) is 0.368. The topological polar surface area (TPSA) is 79.4 Å². The lowest BCUT2D eigenvalue weighted by atomic mass is 9.73. The van der Waals surface area contributed by atoms with Crippen LogP contribution in [0.2, 0.25) is 0 Å². The van der Waals surface area contributed by atoms with Gasteiger partial charge < -0.3 is 14.6 Å². The molecule has 1 aromatic heterocycles. The van der Waals surface area contributed by atoms with Crippen molar-refractivity contribution in [1.82, 2.24) is 10.2 Å². The van der Waals surface area contributed by atoms with Crippen molar-refractivity contribution in [3.8, 4) is 23.0 Å². The largest absolute Gasteiger partial charge is 0.507 e. The summed E-state index contributed by atoms with van der Waals surface area (Å²) >= 11 is 0. The van der Waals surface area contributed by atoms with Crippen molar-refractivity contribution in [1.29, 1.82) is 0 Å². The van der Waals surface area contributed by atoms with Crippen molar-refractivity contribution in [2.75, 3.05) is 0 Å². The normalized spacial score (nSPS) is 20.7. The van der Waals surface area contributed by atoms with Gasteiger partial charge in [0.25, 0.3) is 0 Å². The Morgan fingerprint density at radius 3 is 2.42 bits per heavy atom. The van der Waals surface area contributed by atoms with E-state index >= 15 is 0 Å². The molecule has 5 nitrogen and oxygen atoms in total. The van der Waals surface area contributed by atoms with Crippen LogP contribution in [-0.2, 0) is 0 Å². The zero-order valence-electron chi connectivity index (χ0n) is 14.2. The van der Waals surface area contributed by atoms with E-state index in [1.54, 1.807) is 19.1 Å². The maximum Gasteiger partial charge on any atom is 0.247 e. The number of benzene rings is 1.